The second kappa shape index (κ2) is 8.40. The number of nitrogens with one attached hydrogen (secondary N) is 1. The molecule has 5 nitrogen and oxygen atoms in total. The van der Waals surface area contributed by atoms with Gasteiger partial charge in [0, 0.05) is 26.1 Å². The Morgan fingerprint density at radius 3 is 2.78 bits per heavy atom. The Kier molecular flexibility index (Phi) is 6.53. The van der Waals surface area contributed by atoms with Gasteiger partial charge in [-0.15, -0.1) is 0 Å². The highest BCUT2D eigenvalue weighted by molar-refractivity contribution is 7.89. The Bertz CT molecular complexity index is 634. The summed E-state index contributed by atoms with van der Waals surface area (Å²) in [7, 11) is -3.10. The van der Waals surface area contributed by atoms with Crippen LogP contribution in [0.3, 0.4) is 0 Å². The highest BCUT2D eigenvalue weighted by atomic mass is 32.2. The Morgan fingerprint density at radius 1 is 1.26 bits per heavy atom. The highest BCUT2D eigenvalue weighted by Gasteiger charge is 2.24. The molecule has 1 fully saturated rings. The SMILES string of the molecule is O=C(CCc1ccccc1F)NCCCN1CCCCS1(=O)=O. The number of benzene rings is 1. The molecule has 1 N–H and O–H groups in total. The van der Waals surface area contributed by atoms with Crippen LogP contribution in [-0.2, 0) is 21.2 Å². The number of hydrogen-bond acceptors (Lipinski definition) is 3. The highest BCUT2D eigenvalue weighted by Crippen LogP contribution is 2.13. The summed E-state index contributed by atoms with van der Waals surface area (Å²) in [5.41, 5.74) is 0.530. The maximum Gasteiger partial charge on any atom is 0.220 e. The second-order valence-electron chi connectivity index (χ2n) is 5.72. The molecular weight excluding hydrogens is 319 g/mol. The zero-order valence-electron chi connectivity index (χ0n) is 13.1. The quantitative estimate of drug-likeness (QED) is 0.767. The van der Waals surface area contributed by atoms with Gasteiger partial charge in [0.15, 0.2) is 0 Å². The van der Waals surface area contributed by atoms with Crippen molar-refractivity contribution in [1.82, 2.24) is 9.62 Å². The van der Waals surface area contributed by atoms with E-state index in [2.05, 4.69) is 5.32 Å². The molecule has 0 aromatic heterocycles. The van der Waals surface area contributed by atoms with Crippen LogP contribution < -0.4 is 5.32 Å². The van der Waals surface area contributed by atoms with Crippen molar-refractivity contribution in [3.05, 3.63) is 35.6 Å². The molecule has 1 saturated heterocycles. The van der Waals surface area contributed by atoms with Crippen LogP contribution in [0.2, 0.25) is 0 Å². The number of rotatable bonds is 7. The van der Waals surface area contributed by atoms with E-state index in [1.54, 1.807) is 18.2 Å². The lowest BCUT2D eigenvalue weighted by molar-refractivity contribution is -0.121. The molecule has 0 saturated carbocycles. The molecule has 0 bridgehead atoms. The fourth-order valence-corrected chi connectivity index (χ4v) is 4.25. The number of carbonyl (C=O) groups is 1. The molecule has 1 heterocycles. The minimum absolute atomic E-state index is 0.144. The minimum Gasteiger partial charge on any atom is -0.356 e. The van der Waals surface area contributed by atoms with E-state index in [-0.39, 0.29) is 23.9 Å². The Balaban J connectivity index is 1.64. The number of aryl methyl sites for hydroxylation is 1. The largest absolute Gasteiger partial charge is 0.356 e. The Labute approximate surface area is 136 Å². The summed E-state index contributed by atoms with van der Waals surface area (Å²) in [4.78, 5) is 11.7. The molecule has 0 spiro atoms. The van der Waals surface area contributed by atoms with Crippen LogP contribution in [0.1, 0.15) is 31.2 Å². The van der Waals surface area contributed by atoms with E-state index in [4.69, 9.17) is 0 Å². The van der Waals surface area contributed by atoms with Crippen LogP contribution >= 0.6 is 0 Å². The van der Waals surface area contributed by atoms with Crippen LogP contribution in [0.15, 0.2) is 24.3 Å². The van der Waals surface area contributed by atoms with Crippen molar-refractivity contribution in [3.8, 4) is 0 Å². The van der Waals surface area contributed by atoms with E-state index < -0.39 is 10.0 Å². The summed E-state index contributed by atoms with van der Waals surface area (Å²) < 4.78 is 38.5. The maximum atomic E-state index is 13.4. The molecule has 0 radical (unpaired) electrons. The van der Waals surface area contributed by atoms with E-state index in [1.165, 1.54) is 10.4 Å². The molecule has 2 rings (SSSR count). The van der Waals surface area contributed by atoms with Gasteiger partial charge in [-0.1, -0.05) is 18.2 Å². The Hall–Kier alpha value is -1.47. The first-order valence-electron chi connectivity index (χ1n) is 7.97. The molecule has 1 aromatic carbocycles. The number of amides is 1. The van der Waals surface area contributed by atoms with Crippen molar-refractivity contribution >= 4 is 15.9 Å². The van der Waals surface area contributed by atoms with E-state index >= 15 is 0 Å². The summed E-state index contributed by atoms with van der Waals surface area (Å²) in [6, 6.07) is 6.42. The number of halogens is 1. The summed E-state index contributed by atoms with van der Waals surface area (Å²) >= 11 is 0. The predicted octanol–water partition coefficient (Wildman–Crippen LogP) is 1.69. The van der Waals surface area contributed by atoms with Crippen molar-refractivity contribution in [2.45, 2.75) is 32.1 Å². The van der Waals surface area contributed by atoms with Crippen molar-refractivity contribution in [2.24, 2.45) is 0 Å². The summed E-state index contributed by atoms with van der Waals surface area (Å²) in [5.74, 6) is -0.215. The number of carbonyl (C=O) groups excluding carboxylic acids is 1. The first kappa shape index (κ1) is 17.9. The summed E-state index contributed by atoms with van der Waals surface area (Å²) in [6.07, 6.45) is 2.80. The molecule has 23 heavy (non-hydrogen) atoms. The maximum absolute atomic E-state index is 13.4. The molecular formula is C16H23FN2O3S. The monoisotopic (exact) mass is 342 g/mol. The average molecular weight is 342 g/mol. The molecule has 0 atom stereocenters. The van der Waals surface area contributed by atoms with Crippen LogP contribution in [0.25, 0.3) is 0 Å². The Morgan fingerprint density at radius 2 is 2.04 bits per heavy atom. The van der Waals surface area contributed by atoms with Gasteiger partial charge in [-0.05, 0) is 37.3 Å². The fraction of sp³-hybridized carbons (Fsp3) is 0.562. The zero-order valence-corrected chi connectivity index (χ0v) is 13.9. The van der Waals surface area contributed by atoms with E-state index in [0.717, 1.165) is 12.8 Å². The first-order chi connectivity index (χ1) is 11.0. The average Bonchev–Trinajstić information content (AvgIpc) is 2.52. The normalized spacial score (nSPS) is 17.8. The van der Waals surface area contributed by atoms with Gasteiger partial charge in [-0.2, -0.15) is 0 Å². The summed E-state index contributed by atoms with van der Waals surface area (Å²) in [6.45, 7) is 1.45. The van der Waals surface area contributed by atoms with Gasteiger partial charge in [0.25, 0.3) is 0 Å². The third-order valence-electron chi connectivity index (χ3n) is 3.94. The predicted molar refractivity (Wildman–Crippen MR) is 86.9 cm³/mol. The molecule has 128 valence electrons. The number of sulfonamides is 1. The topological polar surface area (TPSA) is 66.5 Å². The van der Waals surface area contributed by atoms with Gasteiger partial charge in [0.2, 0.25) is 15.9 Å². The van der Waals surface area contributed by atoms with Gasteiger partial charge in [0.05, 0.1) is 5.75 Å². The van der Waals surface area contributed by atoms with Gasteiger partial charge in [-0.25, -0.2) is 17.1 Å². The molecule has 0 aliphatic carbocycles. The third kappa shape index (κ3) is 5.58. The van der Waals surface area contributed by atoms with E-state index in [9.17, 15) is 17.6 Å². The molecule has 0 unspecified atom stereocenters. The summed E-state index contributed by atoms with van der Waals surface area (Å²) in [5, 5.41) is 2.76. The molecule has 1 aliphatic rings. The fourth-order valence-electron chi connectivity index (χ4n) is 2.61. The van der Waals surface area contributed by atoms with Gasteiger partial charge < -0.3 is 5.32 Å². The van der Waals surface area contributed by atoms with E-state index in [0.29, 0.717) is 38.0 Å². The van der Waals surface area contributed by atoms with Crippen LogP contribution in [0, 0.1) is 5.82 Å². The smallest absolute Gasteiger partial charge is 0.220 e. The third-order valence-corrected chi connectivity index (χ3v) is 5.90. The van der Waals surface area contributed by atoms with Crippen LogP contribution in [0.5, 0.6) is 0 Å². The lowest BCUT2D eigenvalue weighted by Crippen LogP contribution is -2.39. The van der Waals surface area contributed by atoms with E-state index in [1.807, 2.05) is 0 Å². The molecule has 7 heteroatoms. The van der Waals surface area contributed by atoms with Crippen molar-refractivity contribution in [2.75, 3.05) is 25.4 Å². The van der Waals surface area contributed by atoms with Crippen molar-refractivity contribution in [3.63, 3.8) is 0 Å². The van der Waals surface area contributed by atoms with Crippen molar-refractivity contribution in [1.29, 1.82) is 0 Å². The van der Waals surface area contributed by atoms with Crippen LogP contribution in [-0.4, -0.2) is 44.0 Å². The van der Waals surface area contributed by atoms with Crippen molar-refractivity contribution < 1.29 is 17.6 Å². The molecule has 1 aromatic rings. The number of hydrogen-bond donors (Lipinski definition) is 1. The second-order valence-corrected chi connectivity index (χ2v) is 7.81. The number of nitrogens with zero attached hydrogens (tertiary/aromatic N) is 1. The lowest BCUT2D eigenvalue weighted by atomic mass is 10.1. The van der Waals surface area contributed by atoms with Crippen LogP contribution in [0.4, 0.5) is 4.39 Å². The lowest BCUT2D eigenvalue weighted by Gasteiger charge is -2.26. The van der Waals surface area contributed by atoms with Gasteiger partial charge in [-0.3, -0.25) is 4.79 Å². The zero-order chi connectivity index (χ0) is 16.7. The molecule has 1 amide bonds. The molecule has 1 aliphatic heterocycles. The van der Waals surface area contributed by atoms with Gasteiger partial charge >= 0.3 is 0 Å². The standard InChI is InChI=1S/C16H23FN2O3S/c17-15-7-2-1-6-14(15)8-9-16(20)18-10-5-12-19-11-3-4-13-23(19,21)22/h1-2,6-7H,3-5,8-13H2,(H,18,20). The minimum atomic E-state index is -3.10. The first-order valence-corrected chi connectivity index (χ1v) is 9.58. The van der Waals surface area contributed by atoms with Gasteiger partial charge in [0.1, 0.15) is 5.82 Å².